The van der Waals surface area contributed by atoms with Crippen LogP contribution in [0.2, 0.25) is 0 Å². The van der Waals surface area contributed by atoms with Crippen molar-refractivity contribution >= 4 is 11.8 Å². The van der Waals surface area contributed by atoms with Gasteiger partial charge in [0.05, 0.1) is 26.2 Å². The maximum Gasteiger partial charge on any atom is 0.411 e. The highest BCUT2D eigenvalue weighted by Crippen LogP contribution is 2.16. The molecule has 0 aliphatic carbocycles. The van der Waals surface area contributed by atoms with Crippen molar-refractivity contribution in [2.75, 3.05) is 44.7 Å². The van der Waals surface area contributed by atoms with Gasteiger partial charge in [0.25, 0.3) is 0 Å². The van der Waals surface area contributed by atoms with Crippen LogP contribution in [0.3, 0.4) is 0 Å². The monoisotopic (exact) mass is 464 g/mol. The highest BCUT2D eigenvalue weighted by molar-refractivity contribution is 5.84. The number of hydrogen-bond donors (Lipinski definition) is 1. The largest absolute Gasteiger partial charge is 1.00 e. The Morgan fingerprint density at radius 3 is 2.12 bits per heavy atom. The molecule has 0 radical (unpaired) electrons. The average Bonchev–Trinajstić information content (AvgIpc) is 2.61. The summed E-state index contributed by atoms with van der Waals surface area (Å²) < 4.78 is 11.9. The van der Waals surface area contributed by atoms with Crippen molar-refractivity contribution in [3.63, 3.8) is 0 Å². The van der Waals surface area contributed by atoms with Crippen LogP contribution in [0, 0.1) is 0 Å². The number of quaternary nitrogens is 1. The summed E-state index contributed by atoms with van der Waals surface area (Å²) >= 11 is 0. The molecule has 0 unspecified atom stereocenters. The second kappa shape index (κ2) is 13.2. The number of benzene rings is 1. The van der Waals surface area contributed by atoms with Crippen molar-refractivity contribution in [3.8, 4) is 5.75 Å². The van der Waals surface area contributed by atoms with E-state index in [2.05, 4.69) is 33.0 Å². The van der Waals surface area contributed by atoms with Crippen molar-refractivity contribution in [1.29, 1.82) is 0 Å². The summed E-state index contributed by atoms with van der Waals surface area (Å²) in [6.07, 6.45) is 1.75. The highest BCUT2D eigenvalue weighted by Gasteiger charge is 2.20. The molecule has 0 spiro atoms. The Balaban J connectivity index is 0.00000576. The van der Waals surface area contributed by atoms with Crippen molar-refractivity contribution < 1.29 is 42.7 Å². The molecule has 0 fully saturated rings. The van der Waals surface area contributed by atoms with Crippen LogP contribution in [0.5, 0.6) is 5.75 Å². The standard InChI is InChI=1S/C19H32N2O3.HI/c1-5-9-15-23-18-12-10-17(11-13-18)20-19(22)24-16-14-21(6-2,7-3)8-4;/h10-13H,5-9,14-16H2,1-4H3;1H. The Hall–Kier alpha value is -1.02. The minimum Gasteiger partial charge on any atom is -1.00 e. The number of unbranched alkanes of at least 4 members (excludes halogenated alkanes) is 1. The van der Waals surface area contributed by atoms with Gasteiger partial charge >= 0.3 is 6.09 Å². The first kappa shape index (κ1) is 24.0. The molecule has 1 amide bonds. The molecule has 1 rings (SSSR count). The minimum atomic E-state index is -0.406. The van der Waals surface area contributed by atoms with E-state index in [1.165, 1.54) is 0 Å². The first-order valence-corrected chi connectivity index (χ1v) is 9.10. The van der Waals surface area contributed by atoms with Gasteiger partial charge in [0.2, 0.25) is 0 Å². The van der Waals surface area contributed by atoms with E-state index in [4.69, 9.17) is 9.47 Å². The first-order valence-electron chi connectivity index (χ1n) is 9.10. The fraction of sp³-hybridized carbons (Fsp3) is 0.632. The minimum absolute atomic E-state index is 0. The van der Waals surface area contributed by atoms with Crippen LogP contribution in [0.25, 0.3) is 0 Å². The summed E-state index contributed by atoms with van der Waals surface area (Å²) in [6, 6.07) is 7.37. The number of carbonyl (C=O) groups excluding carboxylic acids is 1. The molecule has 144 valence electrons. The van der Waals surface area contributed by atoms with Crippen LogP contribution < -0.4 is 34.0 Å². The average molecular weight is 464 g/mol. The van der Waals surface area contributed by atoms with E-state index in [0.29, 0.717) is 12.3 Å². The summed E-state index contributed by atoms with van der Waals surface area (Å²) in [5.41, 5.74) is 0.713. The molecule has 0 bridgehead atoms. The molecule has 0 saturated carbocycles. The van der Waals surface area contributed by atoms with Gasteiger partial charge in [-0.25, -0.2) is 4.79 Å². The Bertz CT molecular complexity index is 468. The molecule has 1 aromatic carbocycles. The lowest BCUT2D eigenvalue weighted by Crippen LogP contribution is -3.00. The molecule has 0 saturated heterocycles. The number of nitrogens with zero attached hydrogens (tertiary/aromatic N) is 1. The summed E-state index contributed by atoms with van der Waals surface area (Å²) in [5, 5.41) is 2.75. The smallest absolute Gasteiger partial charge is 0.411 e. The van der Waals surface area contributed by atoms with Gasteiger partial charge < -0.3 is 37.9 Å². The molecule has 0 atom stereocenters. The Morgan fingerprint density at radius 1 is 1.00 bits per heavy atom. The van der Waals surface area contributed by atoms with Crippen LogP contribution in [-0.4, -0.2) is 50.0 Å². The lowest BCUT2D eigenvalue weighted by molar-refractivity contribution is -0.923. The third-order valence-electron chi connectivity index (χ3n) is 4.68. The van der Waals surface area contributed by atoms with Gasteiger partial charge in [-0.1, -0.05) is 13.3 Å². The second-order valence-corrected chi connectivity index (χ2v) is 6.00. The molecule has 0 heterocycles. The lowest BCUT2D eigenvalue weighted by Gasteiger charge is -2.35. The van der Waals surface area contributed by atoms with E-state index >= 15 is 0 Å². The van der Waals surface area contributed by atoms with Crippen molar-refractivity contribution in [1.82, 2.24) is 0 Å². The zero-order chi connectivity index (χ0) is 17.8. The van der Waals surface area contributed by atoms with E-state index < -0.39 is 6.09 Å². The van der Waals surface area contributed by atoms with Crippen LogP contribution in [0.1, 0.15) is 40.5 Å². The number of rotatable bonds is 11. The zero-order valence-electron chi connectivity index (χ0n) is 16.0. The summed E-state index contributed by atoms with van der Waals surface area (Å²) in [5.74, 6) is 0.818. The number of anilines is 1. The molecule has 0 aliphatic heterocycles. The van der Waals surface area contributed by atoms with Gasteiger partial charge in [-0.3, -0.25) is 5.32 Å². The molecule has 1 aromatic rings. The maximum atomic E-state index is 11.9. The van der Waals surface area contributed by atoms with E-state index in [0.717, 1.165) is 55.9 Å². The lowest BCUT2D eigenvalue weighted by atomic mass is 10.3. The van der Waals surface area contributed by atoms with Crippen molar-refractivity contribution in [3.05, 3.63) is 24.3 Å². The number of amides is 1. The zero-order valence-corrected chi connectivity index (χ0v) is 18.2. The first-order chi connectivity index (χ1) is 11.6. The van der Waals surface area contributed by atoms with Crippen LogP contribution >= 0.6 is 0 Å². The third-order valence-corrected chi connectivity index (χ3v) is 4.68. The predicted octanol–water partition coefficient (Wildman–Crippen LogP) is 1.29. The molecule has 0 aliphatic rings. The third kappa shape index (κ3) is 8.76. The van der Waals surface area contributed by atoms with Crippen molar-refractivity contribution in [2.45, 2.75) is 40.5 Å². The number of carbonyl (C=O) groups is 1. The van der Waals surface area contributed by atoms with Gasteiger partial charge in [0.15, 0.2) is 0 Å². The van der Waals surface area contributed by atoms with Gasteiger partial charge in [0.1, 0.15) is 18.9 Å². The quantitative estimate of drug-likeness (QED) is 0.305. The molecular formula is C19H33IN2O3. The number of nitrogens with one attached hydrogen (secondary N) is 1. The number of hydrogen-bond acceptors (Lipinski definition) is 3. The molecule has 6 heteroatoms. The normalized spacial score (nSPS) is 10.7. The molecule has 25 heavy (non-hydrogen) atoms. The van der Waals surface area contributed by atoms with E-state index in [9.17, 15) is 4.79 Å². The second-order valence-electron chi connectivity index (χ2n) is 6.00. The van der Waals surface area contributed by atoms with Crippen LogP contribution in [0.4, 0.5) is 10.5 Å². The molecular weight excluding hydrogens is 431 g/mol. The predicted molar refractivity (Wildman–Crippen MR) is 98.6 cm³/mol. The van der Waals surface area contributed by atoms with Crippen LogP contribution in [-0.2, 0) is 4.74 Å². The van der Waals surface area contributed by atoms with Gasteiger partial charge in [-0.2, -0.15) is 0 Å². The number of ether oxygens (including phenoxy) is 2. The van der Waals surface area contributed by atoms with Crippen molar-refractivity contribution in [2.24, 2.45) is 0 Å². The highest BCUT2D eigenvalue weighted by atomic mass is 127. The topological polar surface area (TPSA) is 47.6 Å². The Kier molecular flexibility index (Phi) is 12.7. The van der Waals surface area contributed by atoms with Gasteiger partial charge in [-0.05, 0) is 51.5 Å². The Labute approximate surface area is 169 Å². The molecule has 5 nitrogen and oxygen atoms in total. The Morgan fingerprint density at radius 2 is 1.60 bits per heavy atom. The van der Waals surface area contributed by atoms with Crippen LogP contribution in [0.15, 0.2) is 24.3 Å². The summed E-state index contributed by atoms with van der Waals surface area (Å²) in [6.45, 7) is 13.8. The fourth-order valence-electron chi connectivity index (χ4n) is 2.60. The maximum absolute atomic E-state index is 11.9. The number of likely N-dealkylation sites (N-methyl/N-ethyl adjacent to an activating group) is 1. The number of halogens is 1. The molecule has 1 N–H and O–H groups in total. The van der Waals surface area contributed by atoms with Gasteiger partial charge in [0, 0.05) is 5.69 Å². The molecule has 0 aromatic heterocycles. The summed E-state index contributed by atoms with van der Waals surface area (Å²) in [4.78, 5) is 11.9. The van der Waals surface area contributed by atoms with E-state index in [-0.39, 0.29) is 24.0 Å². The van der Waals surface area contributed by atoms with E-state index in [1.807, 2.05) is 24.3 Å². The van der Waals surface area contributed by atoms with E-state index in [1.54, 1.807) is 0 Å². The SMILES string of the molecule is CCCCOc1ccc(NC(=O)OCC[N+](CC)(CC)CC)cc1.[I-]. The fourth-order valence-corrected chi connectivity index (χ4v) is 2.60. The van der Waals surface area contributed by atoms with Gasteiger partial charge in [-0.15, -0.1) is 0 Å². The summed E-state index contributed by atoms with van der Waals surface area (Å²) in [7, 11) is 0.